The molecule has 9 heteroatoms. The van der Waals surface area contributed by atoms with Crippen molar-refractivity contribution < 1.29 is 14.3 Å². The lowest BCUT2D eigenvalue weighted by Crippen LogP contribution is -2.39. The van der Waals surface area contributed by atoms with Gasteiger partial charge in [0.05, 0.1) is 23.7 Å². The van der Waals surface area contributed by atoms with Crippen LogP contribution in [0.3, 0.4) is 0 Å². The van der Waals surface area contributed by atoms with E-state index >= 15 is 0 Å². The van der Waals surface area contributed by atoms with Crippen molar-refractivity contribution in [2.45, 2.75) is 39.3 Å². The van der Waals surface area contributed by atoms with Gasteiger partial charge in [-0.2, -0.15) is 0 Å². The molecule has 0 saturated carbocycles. The molecule has 2 aromatic heterocycles. The Kier molecular flexibility index (Phi) is 6.55. The third-order valence-electron chi connectivity index (χ3n) is 5.77. The average Bonchev–Trinajstić information content (AvgIpc) is 3.17. The summed E-state index contributed by atoms with van der Waals surface area (Å²) in [5.74, 6) is 0.353. The molecule has 1 fully saturated rings. The molecule has 1 aromatic carbocycles. The Labute approximate surface area is 189 Å². The molecule has 4 rings (SSSR count). The molecular weight excluding hydrogens is 428 g/mol. The second-order valence-corrected chi connectivity index (χ2v) is 8.85. The number of thiophene rings is 1. The van der Waals surface area contributed by atoms with E-state index < -0.39 is 0 Å². The third-order valence-corrected chi connectivity index (χ3v) is 6.97. The number of nitrogens with zero attached hydrogens (tertiary/aromatic N) is 3. The molecule has 0 atom stereocenters. The minimum absolute atomic E-state index is 0.0353. The van der Waals surface area contributed by atoms with Crippen molar-refractivity contribution in [1.82, 2.24) is 19.8 Å². The van der Waals surface area contributed by atoms with E-state index in [0.717, 1.165) is 37.9 Å². The first-order valence-electron chi connectivity index (χ1n) is 10.7. The average molecular weight is 455 g/mol. The van der Waals surface area contributed by atoms with E-state index in [9.17, 15) is 14.4 Å². The van der Waals surface area contributed by atoms with E-state index in [1.807, 2.05) is 24.3 Å². The summed E-state index contributed by atoms with van der Waals surface area (Å²) in [7, 11) is 1.59. The molecule has 1 N–H and O–H groups in total. The van der Waals surface area contributed by atoms with Crippen molar-refractivity contribution in [2.75, 3.05) is 20.2 Å². The standard InChI is InChI=1S/C23H26N4O4S/c1-15-19-22(25-14-27(23(19)30)13-18(28)26-10-6-3-7-11-26)32-20(15)21(29)24-12-16-8-4-5-9-17(16)31-2/h4-5,8-9,14H,3,6-7,10-13H2,1-2H3,(H,24,29). The number of carbonyl (C=O) groups is 2. The number of piperidine rings is 1. The lowest BCUT2D eigenvalue weighted by Gasteiger charge is -2.26. The van der Waals surface area contributed by atoms with E-state index in [2.05, 4.69) is 10.3 Å². The topological polar surface area (TPSA) is 93.5 Å². The van der Waals surface area contributed by atoms with Gasteiger partial charge in [0.25, 0.3) is 11.5 Å². The summed E-state index contributed by atoms with van der Waals surface area (Å²) >= 11 is 1.18. The summed E-state index contributed by atoms with van der Waals surface area (Å²) in [6, 6.07) is 7.47. The van der Waals surface area contributed by atoms with Gasteiger partial charge in [0.15, 0.2) is 0 Å². The van der Waals surface area contributed by atoms with Crippen molar-refractivity contribution in [3.05, 3.63) is 57.0 Å². The summed E-state index contributed by atoms with van der Waals surface area (Å²) in [4.78, 5) is 45.6. The predicted molar refractivity (Wildman–Crippen MR) is 123 cm³/mol. The second kappa shape index (κ2) is 9.52. The Morgan fingerprint density at radius 3 is 2.69 bits per heavy atom. The highest BCUT2D eigenvalue weighted by atomic mass is 32.1. The molecule has 0 bridgehead atoms. The highest BCUT2D eigenvalue weighted by Crippen LogP contribution is 2.27. The number of rotatable bonds is 6. The fourth-order valence-corrected chi connectivity index (χ4v) is 5.04. The maximum atomic E-state index is 13.1. The van der Waals surface area contributed by atoms with Crippen LogP contribution in [0.5, 0.6) is 5.75 Å². The number of fused-ring (bicyclic) bond motifs is 1. The molecule has 3 aromatic rings. The summed E-state index contributed by atoms with van der Waals surface area (Å²) in [6.45, 7) is 3.48. The minimum atomic E-state index is -0.294. The van der Waals surface area contributed by atoms with Crippen molar-refractivity contribution in [3.63, 3.8) is 0 Å². The molecule has 168 valence electrons. The van der Waals surface area contributed by atoms with Crippen molar-refractivity contribution in [3.8, 4) is 5.75 Å². The SMILES string of the molecule is COc1ccccc1CNC(=O)c1sc2ncn(CC(=O)N3CCCCC3)c(=O)c2c1C. The zero-order chi connectivity index (χ0) is 22.7. The van der Waals surface area contributed by atoms with Crippen LogP contribution < -0.4 is 15.6 Å². The molecule has 8 nitrogen and oxygen atoms in total. The molecule has 1 saturated heterocycles. The number of nitrogens with one attached hydrogen (secondary N) is 1. The molecular formula is C23H26N4O4S. The molecule has 3 heterocycles. The summed E-state index contributed by atoms with van der Waals surface area (Å²) in [6.07, 6.45) is 4.52. The Morgan fingerprint density at radius 2 is 1.94 bits per heavy atom. The van der Waals surface area contributed by atoms with Gasteiger partial charge < -0.3 is 15.0 Å². The number of para-hydroxylation sites is 1. The van der Waals surface area contributed by atoms with Crippen LogP contribution in [0.2, 0.25) is 0 Å². The first-order valence-corrected chi connectivity index (χ1v) is 11.5. The van der Waals surface area contributed by atoms with Gasteiger partial charge in [0.2, 0.25) is 5.91 Å². The van der Waals surface area contributed by atoms with Gasteiger partial charge in [-0.05, 0) is 37.8 Å². The van der Waals surface area contributed by atoms with Crippen LogP contribution >= 0.6 is 11.3 Å². The highest BCUT2D eigenvalue weighted by molar-refractivity contribution is 7.20. The molecule has 0 spiro atoms. The zero-order valence-electron chi connectivity index (χ0n) is 18.2. The van der Waals surface area contributed by atoms with Gasteiger partial charge in [-0.25, -0.2) is 4.98 Å². The van der Waals surface area contributed by atoms with E-state index in [-0.39, 0.29) is 23.9 Å². The molecule has 1 aliphatic heterocycles. The van der Waals surface area contributed by atoms with Gasteiger partial charge in [0, 0.05) is 25.2 Å². The number of hydrogen-bond donors (Lipinski definition) is 1. The Hall–Kier alpha value is -3.20. The smallest absolute Gasteiger partial charge is 0.262 e. The van der Waals surface area contributed by atoms with Gasteiger partial charge in [-0.15, -0.1) is 11.3 Å². The number of likely N-dealkylation sites (tertiary alicyclic amines) is 1. The van der Waals surface area contributed by atoms with E-state index in [0.29, 0.717) is 33.0 Å². The van der Waals surface area contributed by atoms with Crippen LogP contribution in [-0.2, 0) is 17.9 Å². The van der Waals surface area contributed by atoms with Crippen molar-refractivity contribution >= 4 is 33.4 Å². The number of aryl methyl sites for hydroxylation is 1. The number of ether oxygens (including phenoxy) is 1. The minimum Gasteiger partial charge on any atom is -0.496 e. The van der Waals surface area contributed by atoms with Crippen LogP contribution in [-0.4, -0.2) is 46.5 Å². The van der Waals surface area contributed by atoms with Crippen LogP contribution in [0.4, 0.5) is 0 Å². The Balaban J connectivity index is 1.54. The molecule has 0 unspecified atom stereocenters. The quantitative estimate of drug-likeness (QED) is 0.618. The first kappa shape index (κ1) is 22.0. The van der Waals surface area contributed by atoms with E-state index in [1.165, 1.54) is 22.2 Å². The molecule has 1 aliphatic rings. The number of hydrogen-bond acceptors (Lipinski definition) is 6. The van der Waals surface area contributed by atoms with Crippen LogP contribution in [0.1, 0.15) is 40.1 Å². The largest absolute Gasteiger partial charge is 0.496 e. The Morgan fingerprint density at radius 1 is 1.19 bits per heavy atom. The second-order valence-electron chi connectivity index (χ2n) is 7.85. The van der Waals surface area contributed by atoms with E-state index in [1.54, 1.807) is 18.9 Å². The van der Waals surface area contributed by atoms with Crippen molar-refractivity contribution in [1.29, 1.82) is 0 Å². The highest BCUT2D eigenvalue weighted by Gasteiger charge is 2.22. The summed E-state index contributed by atoms with van der Waals surface area (Å²) in [5.41, 5.74) is 1.15. The fourth-order valence-electron chi connectivity index (χ4n) is 3.98. The zero-order valence-corrected chi connectivity index (χ0v) is 19.0. The monoisotopic (exact) mass is 454 g/mol. The van der Waals surface area contributed by atoms with Gasteiger partial charge in [0.1, 0.15) is 17.1 Å². The van der Waals surface area contributed by atoms with E-state index in [4.69, 9.17) is 4.74 Å². The number of amides is 2. The van der Waals surface area contributed by atoms with Gasteiger partial charge >= 0.3 is 0 Å². The fraction of sp³-hybridized carbons (Fsp3) is 0.391. The number of benzene rings is 1. The third kappa shape index (κ3) is 4.38. The lowest BCUT2D eigenvalue weighted by molar-refractivity contribution is -0.132. The number of carbonyl (C=O) groups excluding carboxylic acids is 2. The van der Waals surface area contributed by atoms with Crippen molar-refractivity contribution in [2.24, 2.45) is 0 Å². The number of aromatic nitrogens is 2. The maximum Gasteiger partial charge on any atom is 0.262 e. The van der Waals surface area contributed by atoms with Crippen LogP contribution in [0, 0.1) is 6.92 Å². The summed E-state index contributed by atoms with van der Waals surface area (Å²) < 4.78 is 6.67. The molecule has 0 aliphatic carbocycles. The van der Waals surface area contributed by atoms with Gasteiger partial charge in [-0.3, -0.25) is 19.0 Å². The predicted octanol–water partition coefficient (Wildman–Crippen LogP) is 2.72. The van der Waals surface area contributed by atoms with Crippen LogP contribution in [0.25, 0.3) is 10.2 Å². The summed E-state index contributed by atoms with van der Waals surface area (Å²) in [5, 5.41) is 3.29. The van der Waals surface area contributed by atoms with Crippen LogP contribution in [0.15, 0.2) is 35.4 Å². The molecule has 0 radical (unpaired) electrons. The normalized spacial score (nSPS) is 13.9. The first-order chi connectivity index (χ1) is 15.5. The van der Waals surface area contributed by atoms with Gasteiger partial charge in [-0.1, -0.05) is 18.2 Å². The molecule has 2 amide bonds. The Bertz CT molecular complexity index is 1210. The lowest BCUT2D eigenvalue weighted by atomic mass is 10.1. The number of methoxy groups -OCH3 is 1. The molecule has 32 heavy (non-hydrogen) atoms. The maximum absolute atomic E-state index is 13.1.